The Kier molecular flexibility index (Phi) is 4.72. The minimum atomic E-state index is -4.48. The summed E-state index contributed by atoms with van der Waals surface area (Å²) in [5.74, 6) is 0. The normalized spacial score (nSPS) is 17.2. The fourth-order valence-corrected chi connectivity index (χ4v) is 1.56. The summed E-state index contributed by atoms with van der Waals surface area (Å²) in [5, 5.41) is 11.6. The number of hydrogen-bond acceptors (Lipinski definition) is 3. The molecule has 1 rings (SSSR count). The van der Waals surface area contributed by atoms with E-state index in [-0.39, 0.29) is 0 Å². The quantitative estimate of drug-likeness (QED) is 0.755. The van der Waals surface area contributed by atoms with Crippen LogP contribution < -0.4 is 11.1 Å². The summed E-state index contributed by atoms with van der Waals surface area (Å²) in [6.45, 7) is -0.0475. The third-order valence-electron chi connectivity index (χ3n) is 2.91. The molecule has 1 aromatic carbocycles. The first-order valence-corrected chi connectivity index (χ1v) is 5.54. The molecule has 6 heteroatoms. The van der Waals surface area contributed by atoms with Gasteiger partial charge in [-0.3, -0.25) is 5.32 Å². The molecule has 0 radical (unpaired) electrons. The van der Waals surface area contributed by atoms with E-state index >= 15 is 0 Å². The first kappa shape index (κ1) is 14.9. The Labute approximate surface area is 104 Å². The molecule has 4 N–H and O–H groups in total. The molecule has 1 aromatic rings. The zero-order valence-corrected chi connectivity index (χ0v) is 10.0. The second-order valence-corrected chi connectivity index (χ2v) is 4.32. The highest BCUT2D eigenvalue weighted by Gasteiger charge is 2.51. The van der Waals surface area contributed by atoms with Gasteiger partial charge in [0.05, 0.1) is 12.6 Å². The van der Waals surface area contributed by atoms with Gasteiger partial charge < -0.3 is 10.8 Å². The van der Waals surface area contributed by atoms with Gasteiger partial charge in [-0.15, -0.1) is 0 Å². The predicted octanol–water partition coefficient (Wildman–Crippen LogP) is 1.59. The van der Waals surface area contributed by atoms with Crippen LogP contribution in [0.3, 0.4) is 0 Å². The Morgan fingerprint density at radius 2 is 1.83 bits per heavy atom. The number of alkyl halides is 3. The summed E-state index contributed by atoms with van der Waals surface area (Å²) in [6, 6.07) is 7.66. The maximum atomic E-state index is 12.9. The summed E-state index contributed by atoms with van der Waals surface area (Å²) >= 11 is 0. The van der Waals surface area contributed by atoms with E-state index in [0.29, 0.717) is 5.56 Å². The zero-order chi connectivity index (χ0) is 13.8. The van der Waals surface area contributed by atoms with Crippen LogP contribution in [0, 0.1) is 0 Å². The number of aliphatic hydroxyl groups excluding tert-OH is 1. The second-order valence-electron chi connectivity index (χ2n) is 4.32. The highest BCUT2D eigenvalue weighted by Crippen LogP contribution is 2.31. The molecular weight excluding hydrogens is 245 g/mol. The van der Waals surface area contributed by atoms with E-state index in [0.717, 1.165) is 6.92 Å². The molecule has 0 unspecified atom stereocenters. The molecule has 0 aliphatic rings. The summed E-state index contributed by atoms with van der Waals surface area (Å²) in [5.41, 5.74) is 3.57. The van der Waals surface area contributed by atoms with Crippen molar-refractivity contribution in [2.75, 3.05) is 13.2 Å². The third kappa shape index (κ3) is 3.22. The Bertz CT molecular complexity index is 369. The number of benzene rings is 1. The standard InChI is InChI=1S/C12H17F3N2O/c1-11(8-16,12(13,14)15)17-10(7-18)9-5-3-2-4-6-9/h2-6,10,17-18H,7-8,16H2,1H3/t10-,11+/m0/s1. The first-order chi connectivity index (χ1) is 8.34. The van der Waals surface area contributed by atoms with Crippen LogP contribution in [0.25, 0.3) is 0 Å². The van der Waals surface area contributed by atoms with Crippen molar-refractivity contribution < 1.29 is 18.3 Å². The summed E-state index contributed by atoms with van der Waals surface area (Å²) in [7, 11) is 0. The molecule has 0 fully saturated rings. The Hall–Kier alpha value is -1.11. The van der Waals surface area contributed by atoms with E-state index in [9.17, 15) is 18.3 Å². The SMILES string of the molecule is C[C@](CN)(N[C@@H](CO)c1ccccc1)C(F)(F)F. The van der Waals surface area contributed by atoms with Gasteiger partial charge in [0.1, 0.15) is 5.54 Å². The topological polar surface area (TPSA) is 58.3 Å². The molecule has 0 saturated carbocycles. The van der Waals surface area contributed by atoms with E-state index in [1.165, 1.54) is 0 Å². The fraction of sp³-hybridized carbons (Fsp3) is 0.500. The highest BCUT2D eigenvalue weighted by atomic mass is 19.4. The van der Waals surface area contributed by atoms with Gasteiger partial charge in [-0.2, -0.15) is 13.2 Å². The summed E-state index contributed by atoms with van der Waals surface area (Å²) < 4.78 is 38.7. The third-order valence-corrected chi connectivity index (χ3v) is 2.91. The van der Waals surface area contributed by atoms with Gasteiger partial charge in [0, 0.05) is 6.54 Å². The van der Waals surface area contributed by atoms with E-state index < -0.39 is 30.9 Å². The molecule has 0 spiro atoms. The molecule has 0 aromatic heterocycles. The lowest BCUT2D eigenvalue weighted by molar-refractivity contribution is -0.191. The van der Waals surface area contributed by atoms with Gasteiger partial charge in [0.25, 0.3) is 0 Å². The van der Waals surface area contributed by atoms with Gasteiger partial charge in [-0.25, -0.2) is 0 Å². The minimum Gasteiger partial charge on any atom is -0.394 e. The van der Waals surface area contributed by atoms with Crippen LogP contribution in [-0.4, -0.2) is 30.0 Å². The van der Waals surface area contributed by atoms with Crippen molar-refractivity contribution in [2.24, 2.45) is 5.73 Å². The van der Waals surface area contributed by atoms with Crippen LogP contribution in [-0.2, 0) is 0 Å². The number of rotatable bonds is 5. The Morgan fingerprint density at radius 1 is 1.28 bits per heavy atom. The largest absolute Gasteiger partial charge is 0.407 e. The van der Waals surface area contributed by atoms with E-state index in [1.54, 1.807) is 30.3 Å². The monoisotopic (exact) mass is 262 g/mol. The summed E-state index contributed by atoms with van der Waals surface area (Å²) in [4.78, 5) is 0. The molecule has 2 atom stereocenters. The number of nitrogens with two attached hydrogens (primary N) is 1. The van der Waals surface area contributed by atoms with Crippen molar-refractivity contribution in [3.8, 4) is 0 Å². The Balaban J connectivity index is 2.92. The van der Waals surface area contributed by atoms with Gasteiger partial charge in [0.15, 0.2) is 0 Å². The average Bonchev–Trinajstić information content (AvgIpc) is 2.35. The smallest absolute Gasteiger partial charge is 0.394 e. The van der Waals surface area contributed by atoms with E-state index in [2.05, 4.69) is 5.32 Å². The van der Waals surface area contributed by atoms with Crippen LogP contribution in [0.4, 0.5) is 13.2 Å². The maximum Gasteiger partial charge on any atom is 0.407 e. The molecule has 0 saturated heterocycles. The van der Waals surface area contributed by atoms with Gasteiger partial charge in [-0.1, -0.05) is 30.3 Å². The maximum absolute atomic E-state index is 12.9. The lowest BCUT2D eigenvalue weighted by atomic mass is 9.98. The predicted molar refractivity (Wildman–Crippen MR) is 62.9 cm³/mol. The average molecular weight is 262 g/mol. The first-order valence-electron chi connectivity index (χ1n) is 5.54. The van der Waals surface area contributed by atoms with Crippen molar-refractivity contribution in [2.45, 2.75) is 24.7 Å². The molecule has 0 heterocycles. The van der Waals surface area contributed by atoms with Crippen LogP contribution >= 0.6 is 0 Å². The molecule has 0 aliphatic carbocycles. The summed E-state index contributed by atoms with van der Waals surface area (Å²) in [6.07, 6.45) is -4.48. The van der Waals surface area contributed by atoms with Crippen LogP contribution in [0.1, 0.15) is 18.5 Å². The van der Waals surface area contributed by atoms with Gasteiger partial charge in [-0.05, 0) is 12.5 Å². The lowest BCUT2D eigenvalue weighted by Gasteiger charge is -2.35. The molecule has 3 nitrogen and oxygen atoms in total. The minimum absolute atomic E-state index is 0.435. The number of nitrogens with one attached hydrogen (secondary N) is 1. The Morgan fingerprint density at radius 3 is 2.22 bits per heavy atom. The number of aliphatic hydroxyl groups is 1. The van der Waals surface area contributed by atoms with Crippen molar-refractivity contribution in [1.29, 1.82) is 0 Å². The van der Waals surface area contributed by atoms with Crippen molar-refractivity contribution in [1.82, 2.24) is 5.32 Å². The molecule has 102 valence electrons. The number of hydrogen-bond donors (Lipinski definition) is 3. The van der Waals surface area contributed by atoms with Gasteiger partial charge in [0.2, 0.25) is 0 Å². The molecular formula is C12H17F3N2O. The van der Waals surface area contributed by atoms with Crippen LogP contribution in [0.5, 0.6) is 0 Å². The molecule has 0 aliphatic heterocycles. The second kappa shape index (κ2) is 5.69. The zero-order valence-electron chi connectivity index (χ0n) is 10.0. The fourth-order valence-electron chi connectivity index (χ4n) is 1.56. The highest BCUT2D eigenvalue weighted by molar-refractivity contribution is 5.20. The molecule has 0 bridgehead atoms. The molecule has 18 heavy (non-hydrogen) atoms. The van der Waals surface area contributed by atoms with E-state index in [4.69, 9.17) is 5.73 Å². The van der Waals surface area contributed by atoms with Crippen molar-refractivity contribution in [3.05, 3.63) is 35.9 Å². The lowest BCUT2D eigenvalue weighted by Crippen LogP contribution is -2.60. The number of halogens is 3. The van der Waals surface area contributed by atoms with Crippen molar-refractivity contribution >= 4 is 0 Å². The van der Waals surface area contributed by atoms with Gasteiger partial charge >= 0.3 is 6.18 Å². The van der Waals surface area contributed by atoms with E-state index in [1.807, 2.05) is 0 Å². The van der Waals surface area contributed by atoms with Crippen molar-refractivity contribution in [3.63, 3.8) is 0 Å². The molecule has 0 amide bonds. The van der Waals surface area contributed by atoms with Crippen LogP contribution in [0.2, 0.25) is 0 Å². The van der Waals surface area contributed by atoms with Crippen LogP contribution in [0.15, 0.2) is 30.3 Å².